The number of fused-ring (bicyclic) bond motifs is 1. The van der Waals surface area contributed by atoms with Crippen LogP contribution in [0.3, 0.4) is 0 Å². The maximum absolute atomic E-state index is 11.0. The molecule has 0 amide bonds. The molecule has 3 aromatic rings. The molecule has 0 saturated carbocycles. The number of carbonyl (C=O) groups is 1. The van der Waals surface area contributed by atoms with Crippen molar-refractivity contribution in [1.82, 2.24) is 9.55 Å². The second-order valence-corrected chi connectivity index (χ2v) is 4.89. The monoisotopic (exact) mass is 264 g/mol. The lowest BCUT2D eigenvalue weighted by molar-refractivity contribution is -0.108. The molecular weight excluding hydrogens is 248 g/mol. The molecule has 1 atom stereocenters. The van der Waals surface area contributed by atoms with Crippen molar-refractivity contribution in [2.75, 3.05) is 0 Å². The second-order valence-electron chi connectivity index (χ2n) is 4.89. The molecule has 3 heteroatoms. The molecule has 0 unspecified atom stereocenters. The minimum Gasteiger partial charge on any atom is -0.327 e. The van der Waals surface area contributed by atoms with Crippen molar-refractivity contribution in [3.05, 3.63) is 66.5 Å². The third kappa shape index (κ3) is 2.48. The molecule has 0 N–H and O–H groups in total. The number of hydrogen-bond donors (Lipinski definition) is 0. The first kappa shape index (κ1) is 12.6. The van der Waals surface area contributed by atoms with Crippen LogP contribution in [0.5, 0.6) is 0 Å². The van der Waals surface area contributed by atoms with Gasteiger partial charge in [-0.2, -0.15) is 0 Å². The fourth-order valence-electron chi connectivity index (χ4n) is 2.56. The smallest absolute Gasteiger partial charge is 0.122 e. The van der Waals surface area contributed by atoms with Gasteiger partial charge in [0.2, 0.25) is 0 Å². The summed E-state index contributed by atoms with van der Waals surface area (Å²) in [5, 5.41) is 0. The molecule has 0 aliphatic rings. The third-order valence-corrected chi connectivity index (χ3v) is 3.56. The number of aldehydes is 1. The Hall–Kier alpha value is -2.42. The summed E-state index contributed by atoms with van der Waals surface area (Å²) in [5.41, 5.74) is 3.28. The number of aromatic nitrogens is 2. The quantitative estimate of drug-likeness (QED) is 0.662. The average Bonchev–Trinajstić information content (AvgIpc) is 2.92. The normalized spacial score (nSPS) is 12.4. The van der Waals surface area contributed by atoms with Crippen LogP contribution in [0.15, 0.2) is 60.9 Å². The molecule has 0 saturated heterocycles. The van der Waals surface area contributed by atoms with Crippen molar-refractivity contribution in [2.24, 2.45) is 0 Å². The molecule has 0 aliphatic heterocycles. The van der Waals surface area contributed by atoms with E-state index in [9.17, 15) is 4.79 Å². The first-order valence-electron chi connectivity index (χ1n) is 6.77. The van der Waals surface area contributed by atoms with Gasteiger partial charge in [-0.05, 0) is 24.1 Å². The van der Waals surface area contributed by atoms with Crippen LogP contribution in [0.4, 0.5) is 0 Å². The van der Waals surface area contributed by atoms with Gasteiger partial charge in [0.05, 0.1) is 17.4 Å². The van der Waals surface area contributed by atoms with E-state index in [1.165, 1.54) is 5.56 Å². The minimum absolute atomic E-state index is 0.113. The van der Waals surface area contributed by atoms with Crippen molar-refractivity contribution in [2.45, 2.75) is 18.9 Å². The van der Waals surface area contributed by atoms with Crippen molar-refractivity contribution < 1.29 is 4.79 Å². The highest BCUT2D eigenvalue weighted by molar-refractivity contribution is 5.75. The Balaban J connectivity index is 1.96. The van der Waals surface area contributed by atoms with Crippen molar-refractivity contribution in [3.8, 4) is 0 Å². The molecule has 3 rings (SSSR count). The number of nitrogens with zero attached hydrogens (tertiary/aromatic N) is 2. The lowest BCUT2D eigenvalue weighted by Gasteiger charge is -2.17. The highest BCUT2D eigenvalue weighted by Gasteiger charge is 2.14. The summed E-state index contributed by atoms with van der Waals surface area (Å²) in [6, 6.07) is 18.4. The Kier molecular flexibility index (Phi) is 3.59. The van der Waals surface area contributed by atoms with Crippen molar-refractivity contribution in [3.63, 3.8) is 0 Å². The molecule has 3 nitrogen and oxygen atoms in total. The van der Waals surface area contributed by atoms with Gasteiger partial charge in [-0.25, -0.2) is 4.98 Å². The minimum atomic E-state index is 0.113. The van der Waals surface area contributed by atoms with E-state index in [-0.39, 0.29) is 6.04 Å². The maximum Gasteiger partial charge on any atom is 0.122 e. The fraction of sp³-hybridized carbons (Fsp3) is 0.176. The van der Waals surface area contributed by atoms with Crippen LogP contribution >= 0.6 is 0 Å². The van der Waals surface area contributed by atoms with E-state index in [1.54, 1.807) is 0 Å². The zero-order valence-corrected chi connectivity index (χ0v) is 11.1. The van der Waals surface area contributed by atoms with Gasteiger partial charge in [-0.1, -0.05) is 42.5 Å². The third-order valence-electron chi connectivity index (χ3n) is 3.56. The Bertz CT molecular complexity index is 703. The number of benzene rings is 2. The van der Waals surface area contributed by atoms with E-state index < -0.39 is 0 Å². The van der Waals surface area contributed by atoms with E-state index in [0.29, 0.717) is 6.42 Å². The second kappa shape index (κ2) is 5.70. The Morgan fingerprint density at radius 2 is 1.80 bits per heavy atom. The van der Waals surface area contributed by atoms with Gasteiger partial charge in [-0.15, -0.1) is 0 Å². The highest BCUT2D eigenvalue weighted by atomic mass is 16.1. The lowest BCUT2D eigenvalue weighted by Crippen LogP contribution is -2.11. The first-order chi connectivity index (χ1) is 9.88. The van der Waals surface area contributed by atoms with E-state index in [2.05, 4.69) is 21.7 Å². The summed E-state index contributed by atoms with van der Waals surface area (Å²) in [7, 11) is 0. The Labute approximate surface area is 117 Å². The molecule has 0 fully saturated rings. The number of carbonyl (C=O) groups excluding carboxylic acids is 1. The lowest BCUT2D eigenvalue weighted by atomic mass is 10.0. The molecule has 1 heterocycles. The largest absolute Gasteiger partial charge is 0.327 e. The number of rotatable bonds is 5. The zero-order chi connectivity index (χ0) is 13.8. The van der Waals surface area contributed by atoms with E-state index >= 15 is 0 Å². The molecule has 0 aliphatic carbocycles. The number of hydrogen-bond acceptors (Lipinski definition) is 2. The van der Waals surface area contributed by atoms with Crippen LogP contribution in [0.1, 0.15) is 18.0 Å². The number of imidazole rings is 1. The van der Waals surface area contributed by atoms with E-state index in [1.807, 2.05) is 48.8 Å². The van der Waals surface area contributed by atoms with Gasteiger partial charge in [-0.3, -0.25) is 0 Å². The molecule has 100 valence electrons. The summed E-state index contributed by atoms with van der Waals surface area (Å²) in [6.07, 6.45) is 4.15. The van der Waals surface area contributed by atoms with Crippen LogP contribution in [0.25, 0.3) is 11.0 Å². The topological polar surface area (TPSA) is 34.9 Å². The van der Waals surface area contributed by atoms with Gasteiger partial charge < -0.3 is 9.36 Å². The molecule has 0 radical (unpaired) electrons. The van der Waals surface area contributed by atoms with Crippen LogP contribution < -0.4 is 0 Å². The van der Waals surface area contributed by atoms with Crippen LogP contribution in [-0.2, 0) is 11.2 Å². The highest BCUT2D eigenvalue weighted by Crippen LogP contribution is 2.22. The van der Waals surface area contributed by atoms with Crippen molar-refractivity contribution in [1.29, 1.82) is 0 Å². The molecule has 20 heavy (non-hydrogen) atoms. The van der Waals surface area contributed by atoms with Crippen LogP contribution in [0, 0.1) is 0 Å². The summed E-state index contributed by atoms with van der Waals surface area (Å²) in [6.45, 7) is 0. The maximum atomic E-state index is 11.0. The summed E-state index contributed by atoms with van der Waals surface area (Å²) < 4.78 is 2.11. The number of para-hydroxylation sites is 2. The molecule has 2 aromatic carbocycles. The molecule has 1 aromatic heterocycles. The average molecular weight is 264 g/mol. The van der Waals surface area contributed by atoms with Gasteiger partial charge in [0.1, 0.15) is 6.29 Å². The standard InChI is InChI=1S/C17H16N2O/c20-11-10-15(12-14-6-2-1-3-7-14)19-13-18-16-8-4-5-9-17(16)19/h1-9,11,13,15H,10,12H2/t15-/m0/s1. The molecule has 0 spiro atoms. The Morgan fingerprint density at radius 1 is 1.05 bits per heavy atom. The summed E-state index contributed by atoms with van der Waals surface area (Å²) in [4.78, 5) is 15.4. The van der Waals surface area contributed by atoms with Crippen LogP contribution in [0.2, 0.25) is 0 Å². The predicted molar refractivity (Wildman–Crippen MR) is 79.6 cm³/mol. The summed E-state index contributed by atoms with van der Waals surface area (Å²) in [5.74, 6) is 0. The van der Waals surface area contributed by atoms with Crippen LogP contribution in [-0.4, -0.2) is 15.8 Å². The van der Waals surface area contributed by atoms with Gasteiger partial charge in [0, 0.05) is 12.5 Å². The predicted octanol–water partition coefficient (Wildman–Crippen LogP) is 3.41. The first-order valence-corrected chi connectivity index (χ1v) is 6.77. The van der Waals surface area contributed by atoms with Gasteiger partial charge >= 0.3 is 0 Å². The zero-order valence-electron chi connectivity index (χ0n) is 11.1. The van der Waals surface area contributed by atoms with E-state index in [4.69, 9.17) is 0 Å². The van der Waals surface area contributed by atoms with Gasteiger partial charge in [0.15, 0.2) is 0 Å². The van der Waals surface area contributed by atoms with E-state index in [0.717, 1.165) is 23.7 Å². The summed E-state index contributed by atoms with van der Waals surface area (Å²) >= 11 is 0. The SMILES string of the molecule is O=CC[C@@H](Cc1ccccc1)n1cnc2ccccc21. The molecular formula is C17H16N2O. The Morgan fingerprint density at radius 3 is 2.60 bits per heavy atom. The van der Waals surface area contributed by atoms with Gasteiger partial charge in [0.25, 0.3) is 0 Å². The van der Waals surface area contributed by atoms with Crippen molar-refractivity contribution >= 4 is 17.3 Å². The fourth-order valence-corrected chi connectivity index (χ4v) is 2.56. The molecule has 0 bridgehead atoms.